The fourth-order valence-electron chi connectivity index (χ4n) is 3.10. The summed E-state index contributed by atoms with van der Waals surface area (Å²) in [6.45, 7) is 10.7. The molecule has 0 spiro atoms. The second-order valence-corrected chi connectivity index (χ2v) is 8.29. The molecular weight excluding hydrogens is 449 g/mol. The first kappa shape index (κ1) is 26.1. The minimum Gasteiger partial charge on any atom is -0.356 e. The lowest BCUT2D eigenvalue weighted by atomic mass is 9.93. The maximum Gasteiger partial charge on any atom is 0.190 e. The van der Waals surface area contributed by atoms with Gasteiger partial charge in [-0.05, 0) is 45.5 Å². The van der Waals surface area contributed by atoms with E-state index in [1.165, 1.54) is 5.56 Å². The standard InChI is InChI=1S/C21H39N5.HI/c1-18(26(7)15-19-11-9-8-10-12-19)13-14-23-20(22-4)24-16-21(2,3)17-25(5)6;/h8-12,18H,13-17H2,1-7H3,(H2,22,23,24);1H. The molecule has 1 atom stereocenters. The number of hydrogen-bond acceptors (Lipinski definition) is 3. The van der Waals surface area contributed by atoms with Crippen molar-refractivity contribution in [2.75, 3.05) is 47.8 Å². The van der Waals surface area contributed by atoms with Crippen LogP contribution in [0.2, 0.25) is 0 Å². The second kappa shape index (κ2) is 13.3. The van der Waals surface area contributed by atoms with E-state index >= 15 is 0 Å². The minimum absolute atomic E-state index is 0. The number of nitrogens with zero attached hydrogens (tertiary/aromatic N) is 3. The predicted molar refractivity (Wildman–Crippen MR) is 129 cm³/mol. The largest absolute Gasteiger partial charge is 0.356 e. The normalized spacial score (nSPS) is 13.4. The van der Waals surface area contributed by atoms with E-state index in [9.17, 15) is 0 Å². The summed E-state index contributed by atoms with van der Waals surface area (Å²) < 4.78 is 0. The Kier molecular flexibility index (Phi) is 12.9. The van der Waals surface area contributed by atoms with Gasteiger partial charge in [0.25, 0.3) is 0 Å². The van der Waals surface area contributed by atoms with E-state index in [4.69, 9.17) is 0 Å². The smallest absolute Gasteiger partial charge is 0.190 e. The molecule has 0 aliphatic carbocycles. The van der Waals surface area contributed by atoms with Gasteiger partial charge in [0.1, 0.15) is 0 Å². The van der Waals surface area contributed by atoms with Gasteiger partial charge in [-0.3, -0.25) is 9.89 Å². The molecule has 1 aromatic carbocycles. The Hall–Kier alpha value is -0.860. The van der Waals surface area contributed by atoms with E-state index in [1.54, 1.807) is 0 Å². The molecule has 0 saturated carbocycles. The van der Waals surface area contributed by atoms with E-state index in [-0.39, 0.29) is 29.4 Å². The van der Waals surface area contributed by atoms with Crippen molar-refractivity contribution in [2.45, 2.75) is 39.8 Å². The molecule has 2 N–H and O–H groups in total. The molecule has 0 amide bonds. The van der Waals surface area contributed by atoms with Crippen LogP contribution in [0.3, 0.4) is 0 Å². The van der Waals surface area contributed by atoms with Gasteiger partial charge < -0.3 is 15.5 Å². The maximum absolute atomic E-state index is 4.35. The molecule has 0 saturated heterocycles. The monoisotopic (exact) mass is 489 g/mol. The lowest BCUT2D eigenvalue weighted by Crippen LogP contribution is -2.45. The van der Waals surface area contributed by atoms with Crippen molar-refractivity contribution < 1.29 is 0 Å². The van der Waals surface area contributed by atoms with Crippen LogP contribution >= 0.6 is 24.0 Å². The molecule has 6 heteroatoms. The van der Waals surface area contributed by atoms with Crippen molar-refractivity contribution in [1.29, 1.82) is 0 Å². The van der Waals surface area contributed by atoms with E-state index in [1.807, 2.05) is 7.05 Å². The van der Waals surface area contributed by atoms with Crippen molar-refractivity contribution in [3.63, 3.8) is 0 Å². The third-order valence-electron chi connectivity index (χ3n) is 4.58. The fraction of sp³-hybridized carbons (Fsp3) is 0.667. The SMILES string of the molecule is CN=C(NCCC(C)N(C)Cc1ccccc1)NCC(C)(C)CN(C)C.I. The predicted octanol–water partition coefficient (Wildman–Crippen LogP) is 3.27. The summed E-state index contributed by atoms with van der Waals surface area (Å²) in [6.07, 6.45) is 1.07. The van der Waals surface area contributed by atoms with Crippen molar-refractivity contribution in [2.24, 2.45) is 10.4 Å². The summed E-state index contributed by atoms with van der Waals surface area (Å²) in [7, 11) is 8.25. The van der Waals surface area contributed by atoms with Gasteiger partial charge >= 0.3 is 0 Å². The molecule has 1 rings (SSSR count). The summed E-state index contributed by atoms with van der Waals surface area (Å²) in [6, 6.07) is 11.1. The molecular formula is C21H40IN5. The van der Waals surface area contributed by atoms with Gasteiger partial charge in [0.2, 0.25) is 0 Å². The molecule has 1 aromatic rings. The highest BCUT2D eigenvalue weighted by Crippen LogP contribution is 2.14. The highest BCUT2D eigenvalue weighted by Gasteiger charge is 2.19. The van der Waals surface area contributed by atoms with E-state index in [0.29, 0.717) is 6.04 Å². The molecule has 1 unspecified atom stereocenters. The zero-order valence-electron chi connectivity index (χ0n) is 18.2. The summed E-state index contributed by atoms with van der Waals surface area (Å²) in [5.74, 6) is 0.884. The molecule has 0 heterocycles. The number of aliphatic imine (C=N–C) groups is 1. The Balaban J connectivity index is 0.00000676. The molecule has 0 bridgehead atoms. The van der Waals surface area contributed by atoms with Crippen LogP contribution in [0.25, 0.3) is 0 Å². The molecule has 0 radical (unpaired) electrons. The van der Waals surface area contributed by atoms with Crippen molar-refractivity contribution >= 4 is 29.9 Å². The quantitative estimate of drug-likeness (QED) is 0.301. The average Bonchev–Trinajstić information content (AvgIpc) is 2.57. The summed E-state index contributed by atoms with van der Waals surface area (Å²) in [4.78, 5) is 8.97. The first-order valence-electron chi connectivity index (χ1n) is 9.57. The average molecular weight is 489 g/mol. The summed E-state index contributed by atoms with van der Waals surface area (Å²) in [5.41, 5.74) is 1.56. The molecule has 0 aliphatic rings. The number of guanidine groups is 1. The topological polar surface area (TPSA) is 42.9 Å². The maximum atomic E-state index is 4.35. The lowest BCUT2D eigenvalue weighted by molar-refractivity contribution is 0.237. The van der Waals surface area contributed by atoms with Gasteiger partial charge in [0.05, 0.1) is 0 Å². The van der Waals surface area contributed by atoms with Gasteiger partial charge in [-0.15, -0.1) is 24.0 Å². The molecule has 0 fully saturated rings. The Morgan fingerprint density at radius 3 is 2.30 bits per heavy atom. The van der Waals surface area contributed by atoms with Crippen LogP contribution in [-0.2, 0) is 6.54 Å². The molecule has 0 aliphatic heterocycles. The van der Waals surface area contributed by atoms with Crippen molar-refractivity contribution in [1.82, 2.24) is 20.4 Å². The van der Waals surface area contributed by atoms with Crippen LogP contribution < -0.4 is 10.6 Å². The first-order chi connectivity index (χ1) is 12.2. The Morgan fingerprint density at radius 1 is 1.11 bits per heavy atom. The molecule has 5 nitrogen and oxygen atoms in total. The molecule has 0 aromatic heterocycles. The van der Waals surface area contributed by atoms with Gasteiger partial charge in [-0.2, -0.15) is 0 Å². The number of halogens is 1. The molecule has 156 valence electrons. The number of rotatable bonds is 10. The van der Waals surface area contributed by atoms with Crippen molar-refractivity contribution in [3.05, 3.63) is 35.9 Å². The van der Waals surface area contributed by atoms with E-state index in [0.717, 1.165) is 38.6 Å². The minimum atomic E-state index is 0. The fourth-order valence-corrected chi connectivity index (χ4v) is 3.10. The highest BCUT2D eigenvalue weighted by atomic mass is 127. The first-order valence-corrected chi connectivity index (χ1v) is 9.57. The number of nitrogens with one attached hydrogen (secondary N) is 2. The van der Waals surface area contributed by atoms with Crippen LogP contribution in [0.1, 0.15) is 32.8 Å². The number of hydrogen-bond donors (Lipinski definition) is 2. The number of benzene rings is 1. The zero-order valence-corrected chi connectivity index (χ0v) is 20.6. The summed E-state index contributed by atoms with van der Waals surface area (Å²) in [5, 5.41) is 6.90. The van der Waals surface area contributed by atoms with Crippen LogP contribution in [0.4, 0.5) is 0 Å². The Bertz CT molecular complexity index is 531. The Labute approximate surface area is 184 Å². The van der Waals surface area contributed by atoms with Crippen LogP contribution in [0.5, 0.6) is 0 Å². The van der Waals surface area contributed by atoms with Gasteiger partial charge in [0.15, 0.2) is 5.96 Å². The summed E-state index contributed by atoms with van der Waals surface area (Å²) >= 11 is 0. The lowest BCUT2D eigenvalue weighted by Gasteiger charge is -2.29. The van der Waals surface area contributed by atoms with Gasteiger partial charge in [0, 0.05) is 39.3 Å². The van der Waals surface area contributed by atoms with E-state index < -0.39 is 0 Å². The third-order valence-corrected chi connectivity index (χ3v) is 4.58. The molecule has 27 heavy (non-hydrogen) atoms. The Morgan fingerprint density at radius 2 is 1.74 bits per heavy atom. The zero-order chi connectivity index (χ0) is 19.6. The van der Waals surface area contributed by atoms with Gasteiger partial charge in [-0.25, -0.2) is 0 Å². The van der Waals surface area contributed by atoms with Crippen molar-refractivity contribution in [3.8, 4) is 0 Å². The third kappa shape index (κ3) is 11.5. The highest BCUT2D eigenvalue weighted by molar-refractivity contribution is 14.0. The van der Waals surface area contributed by atoms with Crippen LogP contribution in [-0.4, -0.2) is 69.6 Å². The van der Waals surface area contributed by atoms with Crippen LogP contribution in [0, 0.1) is 5.41 Å². The van der Waals surface area contributed by atoms with E-state index in [2.05, 4.69) is 97.7 Å². The van der Waals surface area contributed by atoms with Gasteiger partial charge in [-0.1, -0.05) is 44.2 Å². The second-order valence-electron chi connectivity index (χ2n) is 8.29. The van der Waals surface area contributed by atoms with Crippen LogP contribution in [0.15, 0.2) is 35.3 Å².